The van der Waals surface area contributed by atoms with E-state index in [1.165, 1.54) is 0 Å². The van der Waals surface area contributed by atoms with E-state index >= 15 is 0 Å². The highest BCUT2D eigenvalue weighted by atomic mass is 16.5. The minimum atomic E-state index is -0.631. The molecule has 2 fully saturated rings. The van der Waals surface area contributed by atoms with E-state index in [1.54, 1.807) is 7.11 Å². The second-order valence-corrected chi connectivity index (χ2v) is 7.84. The number of likely N-dealkylation sites (tertiary alicyclic amines) is 1. The summed E-state index contributed by atoms with van der Waals surface area (Å²) in [7, 11) is 1.61. The Morgan fingerprint density at radius 1 is 1.42 bits per heavy atom. The normalized spacial score (nSPS) is 28.4. The maximum absolute atomic E-state index is 13.2. The Labute approximate surface area is 153 Å². The number of carbonyl (C=O) groups excluding carboxylic acids is 1. The predicted octanol–water partition coefficient (Wildman–Crippen LogP) is 3.76. The molecule has 26 heavy (non-hydrogen) atoms. The smallest absolute Gasteiger partial charge is 0.289 e. The highest BCUT2D eigenvalue weighted by Gasteiger charge is 2.49. The van der Waals surface area contributed by atoms with Gasteiger partial charge in [-0.1, -0.05) is 13.3 Å². The molecule has 1 aliphatic carbocycles. The first-order chi connectivity index (χ1) is 12.5. The van der Waals surface area contributed by atoms with E-state index in [9.17, 15) is 9.90 Å². The molecular formula is C21H27NO4. The van der Waals surface area contributed by atoms with Gasteiger partial charge in [-0.2, -0.15) is 0 Å². The molecule has 140 valence electrons. The van der Waals surface area contributed by atoms with Crippen molar-refractivity contribution in [3.05, 3.63) is 29.5 Å². The molecule has 2 heterocycles. The lowest BCUT2D eigenvalue weighted by molar-refractivity contribution is -0.0609. The Hall–Kier alpha value is -2.01. The molecule has 3 atom stereocenters. The first-order valence-electron chi connectivity index (χ1n) is 9.55. The van der Waals surface area contributed by atoms with Crippen LogP contribution in [-0.2, 0) is 0 Å². The van der Waals surface area contributed by atoms with Crippen molar-refractivity contribution in [2.24, 2.45) is 11.8 Å². The van der Waals surface area contributed by atoms with Gasteiger partial charge in [0.2, 0.25) is 0 Å². The van der Waals surface area contributed by atoms with Crippen LogP contribution in [0.1, 0.15) is 48.7 Å². The molecule has 2 aliphatic rings. The minimum absolute atomic E-state index is 0.0643. The third-order valence-electron chi connectivity index (χ3n) is 6.55. The van der Waals surface area contributed by atoms with Gasteiger partial charge in [-0.05, 0) is 44.2 Å². The molecule has 5 heteroatoms. The zero-order valence-electron chi connectivity index (χ0n) is 15.7. The summed E-state index contributed by atoms with van der Waals surface area (Å²) < 4.78 is 11.2. The quantitative estimate of drug-likeness (QED) is 0.908. The van der Waals surface area contributed by atoms with Crippen molar-refractivity contribution < 1.29 is 19.1 Å². The number of hydrogen-bond donors (Lipinski definition) is 1. The Morgan fingerprint density at radius 3 is 2.96 bits per heavy atom. The number of benzene rings is 1. The highest BCUT2D eigenvalue weighted by Crippen LogP contribution is 2.44. The highest BCUT2D eigenvalue weighted by molar-refractivity contribution is 5.99. The Kier molecular flexibility index (Phi) is 4.22. The van der Waals surface area contributed by atoms with Gasteiger partial charge in [0.05, 0.1) is 12.7 Å². The number of methoxy groups -OCH3 is 1. The third kappa shape index (κ3) is 2.60. The van der Waals surface area contributed by atoms with Gasteiger partial charge in [0, 0.05) is 36.0 Å². The number of rotatable bonds is 3. The summed E-state index contributed by atoms with van der Waals surface area (Å²) in [4.78, 5) is 15.0. The second-order valence-electron chi connectivity index (χ2n) is 7.84. The van der Waals surface area contributed by atoms with Crippen LogP contribution >= 0.6 is 0 Å². The summed E-state index contributed by atoms with van der Waals surface area (Å²) in [5.74, 6) is 1.63. The van der Waals surface area contributed by atoms with E-state index in [1.807, 2.05) is 36.9 Å². The number of hydrogen-bond acceptors (Lipinski definition) is 4. The molecule has 4 rings (SSSR count). The summed E-state index contributed by atoms with van der Waals surface area (Å²) in [5.41, 5.74) is 0.911. The van der Waals surface area contributed by atoms with Gasteiger partial charge < -0.3 is 19.2 Å². The number of amides is 1. The maximum Gasteiger partial charge on any atom is 0.289 e. The van der Waals surface area contributed by atoms with Crippen molar-refractivity contribution in [3.8, 4) is 5.75 Å². The van der Waals surface area contributed by atoms with Crippen molar-refractivity contribution in [2.75, 3.05) is 20.2 Å². The summed E-state index contributed by atoms with van der Waals surface area (Å²) in [6, 6.07) is 5.63. The van der Waals surface area contributed by atoms with Gasteiger partial charge in [-0.15, -0.1) is 0 Å². The number of nitrogens with zero attached hydrogens (tertiary/aromatic N) is 1. The van der Waals surface area contributed by atoms with Crippen LogP contribution in [0.2, 0.25) is 0 Å². The van der Waals surface area contributed by atoms with Gasteiger partial charge in [0.25, 0.3) is 5.91 Å². The Morgan fingerprint density at radius 2 is 2.23 bits per heavy atom. The fourth-order valence-corrected chi connectivity index (χ4v) is 4.91. The van der Waals surface area contributed by atoms with Crippen LogP contribution in [0.25, 0.3) is 11.0 Å². The SMILES string of the molecule is CC[C@]1(O)CCC[C@H]2CN(C(=O)c3oc4cc(OC)ccc4c3C)C[C@H]21. The summed E-state index contributed by atoms with van der Waals surface area (Å²) >= 11 is 0. The summed E-state index contributed by atoms with van der Waals surface area (Å²) in [6.07, 6.45) is 3.72. The molecule has 1 saturated carbocycles. The first-order valence-corrected chi connectivity index (χ1v) is 9.55. The van der Waals surface area contributed by atoms with Crippen LogP contribution in [0.3, 0.4) is 0 Å². The molecule has 0 bridgehead atoms. The van der Waals surface area contributed by atoms with E-state index in [-0.39, 0.29) is 11.8 Å². The Balaban J connectivity index is 1.62. The lowest BCUT2D eigenvalue weighted by Crippen LogP contribution is -2.44. The zero-order chi connectivity index (χ0) is 18.5. The average Bonchev–Trinajstić information content (AvgIpc) is 3.23. The predicted molar refractivity (Wildman–Crippen MR) is 99.5 cm³/mol. The van der Waals surface area contributed by atoms with Crippen LogP contribution in [0, 0.1) is 18.8 Å². The minimum Gasteiger partial charge on any atom is -0.497 e. The molecule has 5 nitrogen and oxygen atoms in total. The van der Waals surface area contributed by atoms with Gasteiger partial charge in [0.1, 0.15) is 11.3 Å². The molecule has 0 spiro atoms. The van der Waals surface area contributed by atoms with Crippen LogP contribution < -0.4 is 4.74 Å². The molecule has 0 radical (unpaired) electrons. The van der Waals surface area contributed by atoms with E-state index in [4.69, 9.17) is 9.15 Å². The Bertz CT molecular complexity index is 842. The average molecular weight is 357 g/mol. The van der Waals surface area contributed by atoms with Crippen molar-refractivity contribution >= 4 is 16.9 Å². The van der Waals surface area contributed by atoms with E-state index in [0.717, 1.165) is 36.6 Å². The maximum atomic E-state index is 13.2. The molecular weight excluding hydrogens is 330 g/mol. The van der Waals surface area contributed by atoms with Gasteiger partial charge in [-0.3, -0.25) is 4.79 Å². The monoisotopic (exact) mass is 357 g/mol. The molecule has 1 aromatic heterocycles. The van der Waals surface area contributed by atoms with Crippen molar-refractivity contribution in [3.63, 3.8) is 0 Å². The number of fused-ring (bicyclic) bond motifs is 2. The van der Waals surface area contributed by atoms with Gasteiger partial charge in [-0.25, -0.2) is 0 Å². The van der Waals surface area contributed by atoms with Gasteiger partial charge in [0.15, 0.2) is 5.76 Å². The number of carbonyl (C=O) groups is 1. The lowest BCUT2D eigenvalue weighted by Gasteiger charge is -2.40. The largest absolute Gasteiger partial charge is 0.497 e. The second kappa shape index (κ2) is 6.31. The molecule has 1 amide bonds. The topological polar surface area (TPSA) is 62.9 Å². The zero-order valence-corrected chi connectivity index (χ0v) is 15.7. The lowest BCUT2D eigenvalue weighted by atomic mass is 9.69. The molecule has 1 N–H and O–H groups in total. The molecule has 2 aromatic rings. The number of furan rings is 1. The van der Waals surface area contributed by atoms with E-state index in [2.05, 4.69) is 0 Å². The summed E-state index contributed by atoms with van der Waals surface area (Å²) in [6.45, 7) is 5.31. The fraction of sp³-hybridized carbons (Fsp3) is 0.571. The van der Waals surface area contributed by atoms with Crippen LogP contribution in [-0.4, -0.2) is 41.7 Å². The molecule has 1 saturated heterocycles. The molecule has 1 aromatic carbocycles. The first kappa shape index (κ1) is 17.4. The standard InChI is InChI=1S/C21H27NO4/c1-4-21(24)9-5-6-14-11-22(12-17(14)21)20(23)19-13(2)16-8-7-15(25-3)10-18(16)26-19/h7-8,10,14,17,24H,4-6,9,11-12H2,1-3H3/t14-,17+,21-/m0/s1. The van der Waals surface area contributed by atoms with Gasteiger partial charge >= 0.3 is 0 Å². The van der Waals surface area contributed by atoms with Crippen molar-refractivity contribution in [1.82, 2.24) is 4.90 Å². The summed E-state index contributed by atoms with van der Waals surface area (Å²) in [5, 5.41) is 11.9. The van der Waals surface area contributed by atoms with Crippen LogP contribution in [0.15, 0.2) is 22.6 Å². The van der Waals surface area contributed by atoms with E-state index < -0.39 is 5.60 Å². The molecule has 0 unspecified atom stereocenters. The number of aryl methyl sites for hydroxylation is 1. The molecule has 1 aliphatic heterocycles. The number of ether oxygens (including phenoxy) is 1. The van der Waals surface area contributed by atoms with Crippen LogP contribution in [0.4, 0.5) is 0 Å². The van der Waals surface area contributed by atoms with Crippen molar-refractivity contribution in [2.45, 2.75) is 45.1 Å². The fourth-order valence-electron chi connectivity index (χ4n) is 4.91. The van der Waals surface area contributed by atoms with Crippen LogP contribution in [0.5, 0.6) is 5.75 Å². The number of aliphatic hydroxyl groups is 1. The third-order valence-corrected chi connectivity index (χ3v) is 6.55. The van der Waals surface area contributed by atoms with Crippen molar-refractivity contribution in [1.29, 1.82) is 0 Å². The van der Waals surface area contributed by atoms with E-state index in [0.29, 0.717) is 36.1 Å².